The van der Waals surface area contributed by atoms with Gasteiger partial charge < -0.3 is 14.8 Å². The zero-order valence-electron chi connectivity index (χ0n) is 17.7. The number of methoxy groups -OCH3 is 2. The Morgan fingerprint density at radius 3 is 2.57 bits per heavy atom. The Balaban J connectivity index is 1.58. The third-order valence-electron chi connectivity index (χ3n) is 5.16. The van der Waals surface area contributed by atoms with Gasteiger partial charge in [-0.2, -0.15) is 0 Å². The molecule has 0 bridgehead atoms. The SMILES string of the molecule is COc1ccc(/C=C/C(=O)NCCC2C=c3cc(C)c(C)cc3=NC2=O)cc1OC. The highest BCUT2D eigenvalue weighted by Crippen LogP contribution is 2.27. The lowest BCUT2D eigenvalue weighted by Gasteiger charge is -2.13. The summed E-state index contributed by atoms with van der Waals surface area (Å²) in [5.41, 5.74) is 3.10. The Morgan fingerprint density at radius 2 is 1.83 bits per heavy atom. The van der Waals surface area contributed by atoms with E-state index in [-0.39, 0.29) is 17.7 Å². The number of carbonyl (C=O) groups is 2. The Labute approximate surface area is 175 Å². The summed E-state index contributed by atoms with van der Waals surface area (Å²) in [7, 11) is 3.14. The summed E-state index contributed by atoms with van der Waals surface area (Å²) in [6.07, 6.45) is 5.61. The summed E-state index contributed by atoms with van der Waals surface area (Å²) in [5, 5.41) is 4.52. The van der Waals surface area contributed by atoms with Crippen molar-refractivity contribution in [3.8, 4) is 11.5 Å². The van der Waals surface area contributed by atoms with Crippen LogP contribution in [0, 0.1) is 19.8 Å². The summed E-state index contributed by atoms with van der Waals surface area (Å²) >= 11 is 0. The lowest BCUT2D eigenvalue weighted by molar-refractivity contribution is -0.121. The van der Waals surface area contributed by atoms with E-state index >= 15 is 0 Å². The van der Waals surface area contributed by atoms with Crippen molar-refractivity contribution in [2.45, 2.75) is 20.3 Å². The standard InChI is InChI=1S/C24H26N2O4/c1-15-11-19-14-18(24(28)26-20(19)12-16(15)2)9-10-25-23(27)8-6-17-5-7-21(29-3)22(13-17)30-4/h5-8,11-14,18H,9-10H2,1-4H3,(H,25,27)/b8-6+. The first kappa shape index (κ1) is 21.3. The molecule has 1 unspecified atom stereocenters. The van der Waals surface area contributed by atoms with Crippen molar-refractivity contribution in [3.05, 3.63) is 63.7 Å². The van der Waals surface area contributed by atoms with Crippen LogP contribution in [0.2, 0.25) is 0 Å². The van der Waals surface area contributed by atoms with Gasteiger partial charge in [-0.3, -0.25) is 9.59 Å². The number of hydrogen-bond donors (Lipinski definition) is 1. The molecule has 1 aliphatic rings. The average molecular weight is 406 g/mol. The predicted octanol–water partition coefficient (Wildman–Crippen LogP) is 2.10. The Morgan fingerprint density at radius 1 is 1.10 bits per heavy atom. The number of nitrogens with zero attached hydrogens (tertiary/aromatic N) is 1. The zero-order valence-corrected chi connectivity index (χ0v) is 17.7. The van der Waals surface area contributed by atoms with E-state index in [1.165, 1.54) is 11.6 Å². The summed E-state index contributed by atoms with van der Waals surface area (Å²) < 4.78 is 10.5. The van der Waals surface area contributed by atoms with Crippen molar-refractivity contribution in [3.63, 3.8) is 0 Å². The minimum atomic E-state index is -0.324. The van der Waals surface area contributed by atoms with Crippen molar-refractivity contribution in [1.29, 1.82) is 0 Å². The summed E-state index contributed by atoms with van der Waals surface area (Å²) in [4.78, 5) is 28.6. The van der Waals surface area contributed by atoms with Crippen molar-refractivity contribution in [2.75, 3.05) is 20.8 Å². The number of fused-ring (bicyclic) bond motifs is 1. The van der Waals surface area contributed by atoms with E-state index in [1.807, 2.05) is 32.1 Å². The second-order valence-corrected chi connectivity index (χ2v) is 7.25. The van der Waals surface area contributed by atoms with E-state index in [0.717, 1.165) is 21.7 Å². The highest BCUT2D eigenvalue weighted by molar-refractivity contribution is 5.92. The second kappa shape index (κ2) is 9.39. The molecule has 2 aromatic rings. The van der Waals surface area contributed by atoms with Crippen LogP contribution < -0.4 is 25.4 Å². The van der Waals surface area contributed by atoms with E-state index < -0.39 is 0 Å². The molecular formula is C24H26N2O4. The van der Waals surface area contributed by atoms with Gasteiger partial charge in [0.15, 0.2) is 11.5 Å². The number of aryl methyl sites for hydroxylation is 2. The van der Waals surface area contributed by atoms with Crippen LogP contribution in [0.1, 0.15) is 23.1 Å². The minimum absolute atomic E-state index is 0.166. The number of hydrogen-bond acceptors (Lipinski definition) is 4. The highest BCUT2D eigenvalue weighted by Gasteiger charge is 2.18. The molecule has 6 nitrogen and oxygen atoms in total. The monoisotopic (exact) mass is 406 g/mol. The maximum Gasteiger partial charge on any atom is 0.253 e. The van der Waals surface area contributed by atoms with E-state index in [0.29, 0.717) is 24.5 Å². The van der Waals surface area contributed by atoms with E-state index in [2.05, 4.69) is 16.4 Å². The second-order valence-electron chi connectivity index (χ2n) is 7.25. The number of benzene rings is 2. The molecule has 30 heavy (non-hydrogen) atoms. The third kappa shape index (κ3) is 4.95. The molecule has 0 fully saturated rings. The summed E-state index contributed by atoms with van der Waals surface area (Å²) in [6, 6.07) is 9.41. The van der Waals surface area contributed by atoms with Crippen molar-refractivity contribution in [1.82, 2.24) is 5.32 Å². The van der Waals surface area contributed by atoms with Crippen molar-refractivity contribution < 1.29 is 19.1 Å². The van der Waals surface area contributed by atoms with Crippen LogP contribution in [0.5, 0.6) is 11.5 Å². The topological polar surface area (TPSA) is 77.0 Å². The Hall–Kier alpha value is -3.41. The van der Waals surface area contributed by atoms with Crippen LogP contribution in [0.15, 0.2) is 41.4 Å². The number of ether oxygens (including phenoxy) is 2. The van der Waals surface area contributed by atoms with Gasteiger partial charge in [0.2, 0.25) is 5.91 Å². The normalized spacial score (nSPS) is 15.2. The zero-order chi connectivity index (χ0) is 21.7. The molecule has 0 aliphatic carbocycles. The van der Waals surface area contributed by atoms with Gasteiger partial charge in [-0.05, 0) is 72.5 Å². The fraction of sp³-hybridized carbons (Fsp3) is 0.292. The maximum absolute atomic E-state index is 12.3. The molecule has 1 N–H and O–H groups in total. The van der Waals surface area contributed by atoms with E-state index in [1.54, 1.807) is 32.4 Å². The van der Waals surface area contributed by atoms with E-state index in [4.69, 9.17) is 9.47 Å². The minimum Gasteiger partial charge on any atom is -0.493 e. The van der Waals surface area contributed by atoms with Gasteiger partial charge in [-0.25, -0.2) is 4.99 Å². The number of amides is 2. The maximum atomic E-state index is 12.3. The Kier molecular flexibility index (Phi) is 6.67. The Bertz CT molecular complexity index is 1120. The predicted molar refractivity (Wildman–Crippen MR) is 116 cm³/mol. The first-order valence-corrected chi connectivity index (χ1v) is 9.81. The van der Waals surface area contributed by atoms with Gasteiger partial charge in [-0.15, -0.1) is 0 Å². The van der Waals surface area contributed by atoms with Crippen LogP contribution in [0.25, 0.3) is 12.2 Å². The molecule has 2 amide bonds. The van der Waals surface area contributed by atoms with Crippen LogP contribution in [-0.2, 0) is 9.59 Å². The fourth-order valence-electron chi connectivity index (χ4n) is 3.29. The molecule has 0 aromatic heterocycles. The van der Waals surface area contributed by atoms with Crippen LogP contribution in [-0.4, -0.2) is 32.6 Å². The molecule has 1 atom stereocenters. The van der Waals surface area contributed by atoms with Gasteiger partial charge in [0.1, 0.15) is 0 Å². The van der Waals surface area contributed by atoms with Gasteiger partial charge in [0.25, 0.3) is 5.91 Å². The lowest BCUT2D eigenvalue weighted by Crippen LogP contribution is -2.35. The average Bonchev–Trinajstić information content (AvgIpc) is 2.73. The first-order valence-electron chi connectivity index (χ1n) is 9.81. The third-order valence-corrected chi connectivity index (χ3v) is 5.16. The molecule has 6 heteroatoms. The van der Waals surface area contributed by atoms with Gasteiger partial charge in [0, 0.05) is 12.6 Å². The fourth-order valence-corrected chi connectivity index (χ4v) is 3.29. The van der Waals surface area contributed by atoms with Gasteiger partial charge in [0.05, 0.1) is 25.5 Å². The van der Waals surface area contributed by atoms with Crippen LogP contribution in [0.3, 0.4) is 0 Å². The van der Waals surface area contributed by atoms with Crippen LogP contribution in [0.4, 0.5) is 0 Å². The number of carbonyl (C=O) groups excluding carboxylic acids is 2. The molecule has 2 aromatic carbocycles. The molecule has 0 radical (unpaired) electrons. The van der Waals surface area contributed by atoms with Crippen molar-refractivity contribution >= 4 is 24.0 Å². The molecule has 0 saturated carbocycles. The summed E-state index contributed by atoms with van der Waals surface area (Å²) in [5.74, 6) is 0.512. The lowest BCUT2D eigenvalue weighted by atomic mass is 9.98. The smallest absolute Gasteiger partial charge is 0.253 e. The molecule has 0 saturated heterocycles. The molecule has 0 spiro atoms. The molecule has 1 aliphatic heterocycles. The van der Waals surface area contributed by atoms with Crippen molar-refractivity contribution in [2.24, 2.45) is 10.9 Å². The molecule has 156 valence electrons. The highest BCUT2D eigenvalue weighted by atomic mass is 16.5. The van der Waals surface area contributed by atoms with Gasteiger partial charge in [-0.1, -0.05) is 12.1 Å². The van der Waals surface area contributed by atoms with Gasteiger partial charge >= 0.3 is 0 Å². The number of rotatable bonds is 7. The molecular weight excluding hydrogens is 380 g/mol. The first-order chi connectivity index (χ1) is 14.4. The van der Waals surface area contributed by atoms with Crippen LogP contribution >= 0.6 is 0 Å². The summed E-state index contributed by atoms with van der Waals surface area (Å²) in [6.45, 7) is 4.43. The molecule has 1 heterocycles. The largest absolute Gasteiger partial charge is 0.493 e. The molecule has 3 rings (SSSR count). The quantitative estimate of drug-likeness (QED) is 0.715. The number of nitrogens with one attached hydrogen (secondary N) is 1. The van der Waals surface area contributed by atoms with E-state index in [9.17, 15) is 9.59 Å².